The van der Waals surface area contributed by atoms with Crippen LogP contribution in [0.5, 0.6) is 0 Å². The molecular weight excluding hydrogens is 378 g/mol. The summed E-state index contributed by atoms with van der Waals surface area (Å²) >= 11 is 0. The summed E-state index contributed by atoms with van der Waals surface area (Å²) in [7, 11) is 0. The Morgan fingerprint density at radius 1 is 1.00 bits per heavy atom. The average molecular weight is 406 g/mol. The van der Waals surface area contributed by atoms with Gasteiger partial charge in [0.2, 0.25) is 11.8 Å². The van der Waals surface area contributed by atoms with E-state index in [2.05, 4.69) is 37.2 Å². The van der Waals surface area contributed by atoms with E-state index in [-0.39, 0.29) is 11.8 Å². The molecule has 30 heavy (non-hydrogen) atoms. The molecule has 7 heteroatoms. The Morgan fingerprint density at radius 2 is 1.67 bits per heavy atom. The van der Waals surface area contributed by atoms with Gasteiger partial charge in [-0.1, -0.05) is 12.1 Å². The van der Waals surface area contributed by atoms with Gasteiger partial charge in [-0.2, -0.15) is 0 Å². The first-order chi connectivity index (χ1) is 14.6. The first-order valence-corrected chi connectivity index (χ1v) is 10.4. The Bertz CT molecular complexity index is 1020. The minimum absolute atomic E-state index is 0.0127. The SMILES string of the molecule is CC(=O)Nc1ccc(NC(=O)CN2CCC(Cn3cnc4ccccc43)CC2)cc1. The quantitative estimate of drug-likeness (QED) is 0.659. The lowest BCUT2D eigenvalue weighted by molar-refractivity contribution is -0.117. The van der Waals surface area contributed by atoms with Crippen LogP contribution in [0.1, 0.15) is 19.8 Å². The molecule has 1 aliphatic rings. The van der Waals surface area contributed by atoms with E-state index in [4.69, 9.17) is 0 Å². The molecule has 2 amide bonds. The van der Waals surface area contributed by atoms with Crippen LogP contribution in [0, 0.1) is 5.92 Å². The molecule has 0 radical (unpaired) electrons. The Morgan fingerprint density at radius 3 is 2.37 bits per heavy atom. The Balaban J connectivity index is 1.23. The lowest BCUT2D eigenvalue weighted by atomic mass is 9.96. The van der Waals surface area contributed by atoms with Crippen LogP contribution in [0.25, 0.3) is 11.0 Å². The van der Waals surface area contributed by atoms with Crippen LogP contribution in [0.4, 0.5) is 11.4 Å². The average Bonchev–Trinajstić information content (AvgIpc) is 3.13. The number of hydrogen-bond acceptors (Lipinski definition) is 4. The van der Waals surface area contributed by atoms with Crippen LogP contribution in [0.15, 0.2) is 54.9 Å². The van der Waals surface area contributed by atoms with E-state index >= 15 is 0 Å². The van der Waals surface area contributed by atoms with Crippen LogP contribution in [0.3, 0.4) is 0 Å². The zero-order chi connectivity index (χ0) is 20.9. The predicted molar refractivity (Wildman–Crippen MR) is 118 cm³/mol. The number of nitrogens with zero attached hydrogens (tertiary/aromatic N) is 3. The summed E-state index contributed by atoms with van der Waals surface area (Å²) in [5, 5.41) is 5.65. The maximum absolute atomic E-state index is 12.4. The van der Waals surface area contributed by atoms with Crippen molar-refractivity contribution in [2.75, 3.05) is 30.3 Å². The molecule has 1 saturated heterocycles. The summed E-state index contributed by atoms with van der Waals surface area (Å²) in [6, 6.07) is 15.4. The van der Waals surface area contributed by atoms with Crippen molar-refractivity contribution < 1.29 is 9.59 Å². The molecule has 156 valence electrons. The van der Waals surface area contributed by atoms with E-state index in [0.717, 1.165) is 43.7 Å². The number of piperidine rings is 1. The van der Waals surface area contributed by atoms with Gasteiger partial charge < -0.3 is 15.2 Å². The summed E-state index contributed by atoms with van der Waals surface area (Å²) in [5.41, 5.74) is 3.67. The number of nitrogens with one attached hydrogen (secondary N) is 2. The smallest absolute Gasteiger partial charge is 0.238 e. The van der Waals surface area contributed by atoms with Crippen molar-refractivity contribution in [1.82, 2.24) is 14.5 Å². The molecule has 3 aromatic rings. The first-order valence-electron chi connectivity index (χ1n) is 10.4. The lowest BCUT2D eigenvalue weighted by Crippen LogP contribution is -2.39. The van der Waals surface area contributed by atoms with E-state index in [1.807, 2.05) is 18.5 Å². The maximum atomic E-state index is 12.4. The molecule has 1 aromatic heterocycles. The molecule has 1 fully saturated rings. The molecular formula is C23H27N5O2. The topological polar surface area (TPSA) is 79.3 Å². The van der Waals surface area contributed by atoms with Crippen molar-refractivity contribution >= 4 is 34.2 Å². The molecule has 2 heterocycles. The van der Waals surface area contributed by atoms with E-state index in [9.17, 15) is 9.59 Å². The monoisotopic (exact) mass is 405 g/mol. The van der Waals surface area contributed by atoms with Gasteiger partial charge in [0, 0.05) is 24.8 Å². The van der Waals surface area contributed by atoms with Gasteiger partial charge in [-0.05, 0) is 68.2 Å². The molecule has 0 unspecified atom stereocenters. The number of fused-ring (bicyclic) bond motifs is 1. The highest BCUT2D eigenvalue weighted by molar-refractivity contribution is 5.93. The largest absolute Gasteiger partial charge is 0.330 e. The van der Waals surface area contributed by atoms with Gasteiger partial charge in [0.25, 0.3) is 0 Å². The first kappa shape index (κ1) is 20.1. The Labute approximate surface area is 176 Å². The normalized spacial score (nSPS) is 15.2. The third-order valence-corrected chi connectivity index (χ3v) is 5.55. The van der Waals surface area contributed by atoms with Gasteiger partial charge >= 0.3 is 0 Å². The van der Waals surface area contributed by atoms with E-state index in [1.54, 1.807) is 24.3 Å². The van der Waals surface area contributed by atoms with Gasteiger partial charge in [-0.25, -0.2) is 4.98 Å². The second-order valence-electron chi connectivity index (χ2n) is 7.91. The summed E-state index contributed by atoms with van der Waals surface area (Å²) in [6.07, 6.45) is 4.08. The summed E-state index contributed by atoms with van der Waals surface area (Å²) in [4.78, 5) is 30.2. The maximum Gasteiger partial charge on any atom is 0.238 e. The van der Waals surface area contributed by atoms with Crippen molar-refractivity contribution in [1.29, 1.82) is 0 Å². The van der Waals surface area contributed by atoms with Gasteiger partial charge in [-0.15, -0.1) is 0 Å². The Hall–Kier alpha value is -3.19. The number of rotatable bonds is 6. The van der Waals surface area contributed by atoms with Crippen molar-refractivity contribution in [3.63, 3.8) is 0 Å². The lowest BCUT2D eigenvalue weighted by Gasteiger charge is -2.31. The molecule has 0 atom stereocenters. The highest BCUT2D eigenvalue weighted by atomic mass is 16.2. The molecule has 0 bridgehead atoms. The number of carbonyl (C=O) groups is 2. The van der Waals surface area contributed by atoms with E-state index in [1.165, 1.54) is 12.4 Å². The molecule has 0 aliphatic carbocycles. The fourth-order valence-electron chi connectivity index (χ4n) is 4.00. The fourth-order valence-corrected chi connectivity index (χ4v) is 4.00. The van der Waals surface area contributed by atoms with Crippen LogP contribution in [-0.2, 0) is 16.1 Å². The minimum Gasteiger partial charge on any atom is -0.330 e. The van der Waals surface area contributed by atoms with Crippen LogP contribution >= 0.6 is 0 Å². The molecule has 0 spiro atoms. The van der Waals surface area contributed by atoms with Crippen molar-refractivity contribution in [2.24, 2.45) is 5.92 Å². The highest BCUT2D eigenvalue weighted by Crippen LogP contribution is 2.22. The van der Waals surface area contributed by atoms with Crippen LogP contribution in [0.2, 0.25) is 0 Å². The summed E-state index contributed by atoms with van der Waals surface area (Å²) < 4.78 is 2.24. The number of imidazole rings is 1. The number of carbonyl (C=O) groups excluding carboxylic acids is 2. The van der Waals surface area contributed by atoms with Crippen molar-refractivity contribution in [3.8, 4) is 0 Å². The Kier molecular flexibility index (Phi) is 6.09. The predicted octanol–water partition coefficient (Wildman–Crippen LogP) is 3.35. The van der Waals surface area contributed by atoms with Gasteiger partial charge in [-0.3, -0.25) is 14.5 Å². The molecule has 7 nitrogen and oxygen atoms in total. The summed E-state index contributed by atoms with van der Waals surface area (Å²) in [5.74, 6) is 0.473. The van der Waals surface area contributed by atoms with Crippen LogP contribution in [-0.4, -0.2) is 45.9 Å². The number of anilines is 2. The molecule has 2 aromatic carbocycles. The third kappa shape index (κ3) is 5.04. The number of amides is 2. The van der Waals surface area contributed by atoms with Crippen molar-refractivity contribution in [2.45, 2.75) is 26.3 Å². The number of aromatic nitrogens is 2. The van der Waals surface area contributed by atoms with Crippen LogP contribution < -0.4 is 10.6 Å². The van der Waals surface area contributed by atoms with Gasteiger partial charge in [0.05, 0.1) is 23.9 Å². The zero-order valence-corrected chi connectivity index (χ0v) is 17.2. The second-order valence-corrected chi connectivity index (χ2v) is 7.91. The zero-order valence-electron chi connectivity index (χ0n) is 17.2. The number of likely N-dealkylation sites (tertiary alicyclic amines) is 1. The highest BCUT2D eigenvalue weighted by Gasteiger charge is 2.21. The van der Waals surface area contributed by atoms with Gasteiger partial charge in [0.15, 0.2) is 0 Å². The molecule has 0 saturated carbocycles. The number of benzene rings is 2. The molecule has 4 rings (SSSR count). The number of para-hydroxylation sites is 2. The van der Waals surface area contributed by atoms with Crippen molar-refractivity contribution in [3.05, 3.63) is 54.9 Å². The van der Waals surface area contributed by atoms with E-state index < -0.39 is 0 Å². The minimum atomic E-state index is -0.114. The van der Waals surface area contributed by atoms with Gasteiger partial charge in [0.1, 0.15) is 0 Å². The summed E-state index contributed by atoms with van der Waals surface area (Å²) in [6.45, 7) is 4.68. The number of hydrogen-bond donors (Lipinski definition) is 2. The molecule has 2 N–H and O–H groups in total. The fraction of sp³-hybridized carbons (Fsp3) is 0.348. The second kappa shape index (κ2) is 9.09. The van der Waals surface area contributed by atoms with E-state index in [0.29, 0.717) is 18.2 Å². The third-order valence-electron chi connectivity index (χ3n) is 5.55. The standard InChI is InChI=1S/C23H27N5O2/c1-17(29)25-19-6-8-20(9-7-19)26-23(30)15-27-12-10-18(11-13-27)14-28-16-24-21-4-2-3-5-22(21)28/h2-9,16,18H,10-15H2,1H3,(H,25,29)(H,26,30). The molecule has 1 aliphatic heterocycles.